The molecule has 1 aliphatic rings. The summed E-state index contributed by atoms with van der Waals surface area (Å²) in [4.78, 5) is 10.9. The molecule has 1 fully saturated rings. The molecule has 5 nitrogen and oxygen atoms in total. The first kappa shape index (κ1) is 15.3. The largest absolute Gasteiger partial charge is 0.477 e. The zero-order chi connectivity index (χ0) is 14.2. The summed E-state index contributed by atoms with van der Waals surface area (Å²) in [5, 5.41) is 0. The molecule has 1 aromatic heterocycles. The number of rotatable bonds is 7. The maximum Gasteiger partial charge on any atom is 0.234 e. The van der Waals surface area contributed by atoms with Crippen LogP contribution in [0.25, 0.3) is 0 Å². The topological polar surface area (TPSA) is 47.5 Å². The number of nitrogens with zero attached hydrogens (tertiary/aromatic N) is 3. The third-order valence-corrected chi connectivity index (χ3v) is 3.40. The molecular weight excluding hydrogens is 278 g/mol. The third-order valence-electron chi connectivity index (χ3n) is 3.25. The summed E-state index contributed by atoms with van der Waals surface area (Å²) in [6, 6.07) is 0. The molecule has 6 heteroatoms. The molecule has 20 heavy (non-hydrogen) atoms. The van der Waals surface area contributed by atoms with Crippen LogP contribution in [0.5, 0.6) is 5.88 Å². The van der Waals surface area contributed by atoms with Gasteiger partial charge < -0.3 is 14.4 Å². The van der Waals surface area contributed by atoms with Gasteiger partial charge in [0.1, 0.15) is 0 Å². The molecule has 0 aromatic carbocycles. The Bertz CT molecular complexity index is 398. The van der Waals surface area contributed by atoms with Gasteiger partial charge >= 0.3 is 0 Å². The minimum absolute atomic E-state index is 0.317. The highest BCUT2D eigenvalue weighted by molar-refractivity contribution is 6.17. The molecular formula is C14H22ClN3O2. The summed E-state index contributed by atoms with van der Waals surface area (Å²) in [5.41, 5.74) is 0. The predicted molar refractivity (Wildman–Crippen MR) is 79.7 cm³/mol. The van der Waals surface area contributed by atoms with Crippen molar-refractivity contribution in [2.75, 3.05) is 37.1 Å². The van der Waals surface area contributed by atoms with Crippen molar-refractivity contribution >= 4 is 17.4 Å². The number of alkyl halides is 1. The van der Waals surface area contributed by atoms with Crippen molar-refractivity contribution in [3.63, 3.8) is 0 Å². The zero-order valence-corrected chi connectivity index (χ0v) is 12.7. The Hall–Kier alpha value is -1.07. The van der Waals surface area contributed by atoms with Crippen LogP contribution in [-0.4, -0.2) is 48.3 Å². The van der Waals surface area contributed by atoms with E-state index in [9.17, 15) is 0 Å². The first-order valence-corrected chi connectivity index (χ1v) is 7.74. The smallest absolute Gasteiger partial charge is 0.234 e. The second-order valence-electron chi connectivity index (χ2n) is 4.81. The number of hydrogen-bond acceptors (Lipinski definition) is 5. The van der Waals surface area contributed by atoms with Crippen molar-refractivity contribution in [2.45, 2.75) is 32.3 Å². The second-order valence-corrected chi connectivity index (χ2v) is 5.19. The Balaban J connectivity index is 1.86. The fourth-order valence-corrected chi connectivity index (χ4v) is 2.32. The summed E-state index contributed by atoms with van der Waals surface area (Å²) in [5.74, 6) is 2.04. The van der Waals surface area contributed by atoms with E-state index in [1.165, 1.54) is 0 Å². The normalized spacial score (nSPS) is 16.4. The van der Waals surface area contributed by atoms with E-state index in [2.05, 4.69) is 21.8 Å². The summed E-state index contributed by atoms with van der Waals surface area (Å²) in [6.45, 7) is 5.24. The van der Waals surface area contributed by atoms with Crippen LogP contribution in [-0.2, 0) is 4.74 Å². The Morgan fingerprint density at radius 1 is 1.30 bits per heavy atom. The van der Waals surface area contributed by atoms with E-state index in [0.29, 0.717) is 31.1 Å². The molecule has 0 saturated carbocycles. The number of hydrogen-bond donors (Lipinski definition) is 0. The van der Waals surface area contributed by atoms with Crippen molar-refractivity contribution in [2.24, 2.45) is 0 Å². The monoisotopic (exact) mass is 299 g/mol. The summed E-state index contributed by atoms with van der Waals surface area (Å²) in [6.07, 6.45) is 6.73. The van der Waals surface area contributed by atoms with Crippen LogP contribution in [0.1, 0.15) is 26.2 Å². The molecule has 2 heterocycles. The summed E-state index contributed by atoms with van der Waals surface area (Å²) < 4.78 is 11.2. The molecule has 1 saturated heterocycles. The molecule has 2 rings (SSSR count). The fraction of sp³-hybridized carbons (Fsp3) is 0.714. The summed E-state index contributed by atoms with van der Waals surface area (Å²) >= 11 is 5.64. The minimum atomic E-state index is 0.317. The van der Waals surface area contributed by atoms with Crippen LogP contribution >= 0.6 is 11.6 Å². The fourth-order valence-electron chi connectivity index (χ4n) is 2.23. The Labute approximate surface area is 125 Å². The second kappa shape index (κ2) is 8.27. The van der Waals surface area contributed by atoms with E-state index in [0.717, 1.165) is 38.2 Å². The Morgan fingerprint density at radius 3 is 2.80 bits per heavy atom. The van der Waals surface area contributed by atoms with Gasteiger partial charge in [-0.3, -0.25) is 4.98 Å². The maximum absolute atomic E-state index is 5.67. The van der Waals surface area contributed by atoms with E-state index in [1.54, 1.807) is 12.4 Å². The van der Waals surface area contributed by atoms with Gasteiger partial charge in [0, 0.05) is 19.0 Å². The Morgan fingerprint density at radius 2 is 2.10 bits per heavy atom. The molecule has 112 valence electrons. The van der Waals surface area contributed by atoms with Gasteiger partial charge in [-0.15, -0.1) is 11.6 Å². The van der Waals surface area contributed by atoms with E-state index >= 15 is 0 Å². The molecule has 1 aromatic rings. The van der Waals surface area contributed by atoms with Gasteiger partial charge in [-0.2, -0.15) is 4.98 Å². The van der Waals surface area contributed by atoms with Crippen LogP contribution in [0.4, 0.5) is 5.82 Å². The van der Waals surface area contributed by atoms with Gasteiger partial charge in [-0.05, 0) is 19.3 Å². The van der Waals surface area contributed by atoms with Crippen LogP contribution in [0.15, 0.2) is 12.4 Å². The van der Waals surface area contributed by atoms with Gasteiger partial charge in [0.2, 0.25) is 5.88 Å². The predicted octanol–water partition coefficient (Wildman–Crippen LogP) is 2.49. The lowest BCUT2D eigenvalue weighted by Gasteiger charge is -2.32. The van der Waals surface area contributed by atoms with E-state index in [4.69, 9.17) is 21.1 Å². The average Bonchev–Trinajstić information content (AvgIpc) is 2.52. The molecule has 0 radical (unpaired) electrons. The number of ether oxygens (including phenoxy) is 2. The van der Waals surface area contributed by atoms with Crippen molar-refractivity contribution in [3.05, 3.63) is 12.4 Å². The molecule has 0 unspecified atom stereocenters. The van der Waals surface area contributed by atoms with Gasteiger partial charge in [-0.25, -0.2) is 0 Å². The third kappa shape index (κ3) is 4.49. The quantitative estimate of drug-likeness (QED) is 0.724. The lowest BCUT2D eigenvalue weighted by molar-refractivity contribution is 0.0470. The molecule has 0 aliphatic carbocycles. The highest BCUT2D eigenvalue weighted by Gasteiger charge is 2.20. The lowest BCUT2D eigenvalue weighted by atomic mass is 10.1. The van der Waals surface area contributed by atoms with Crippen LogP contribution in [0, 0.1) is 0 Å². The van der Waals surface area contributed by atoms with Crippen LogP contribution in [0.3, 0.4) is 0 Å². The number of halogens is 1. The van der Waals surface area contributed by atoms with E-state index in [-0.39, 0.29) is 0 Å². The molecule has 0 amide bonds. The maximum atomic E-state index is 5.67. The molecule has 0 bridgehead atoms. The first-order valence-electron chi connectivity index (χ1n) is 7.21. The number of piperidine rings is 1. The highest BCUT2D eigenvalue weighted by Crippen LogP contribution is 2.20. The van der Waals surface area contributed by atoms with Crippen molar-refractivity contribution in [3.8, 4) is 5.88 Å². The molecule has 0 atom stereocenters. The standard InChI is InChI=1S/C14H22ClN3O2/c1-2-8-20-14-11-16-10-13(17-14)18-6-3-12(4-7-18)19-9-5-15/h10-12H,2-9H2,1H3. The van der Waals surface area contributed by atoms with E-state index in [1.807, 2.05) is 0 Å². The SMILES string of the molecule is CCCOc1cncc(N2CCC(OCCCl)CC2)n1. The number of aromatic nitrogens is 2. The van der Waals surface area contributed by atoms with Gasteiger partial charge in [-0.1, -0.05) is 6.92 Å². The average molecular weight is 300 g/mol. The van der Waals surface area contributed by atoms with Crippen molar-refractivity contribution < 1.29 is 9.47 Å². The number of anilines is 1. The minimum Gasteiger partial charge on any atom is -0.477 e. The van der Waals surface area contributed by atoms with Crippen molar-refractivity contribution in [1.82, 2.24) is 9.97 Å². The van der Waals surface area contributed by atoms with Crippen LogP contribution < -0.4 is 9.64 Å². The molecule has 0 N–H and O–H groups in total. The summed E-state index contributed by atoms with van der Waals surface area (Å²) in [7, 11) is 0. The zero-order valence-electron chi connectivity index (χ0n) is 11.9. The van der Waals surface area contributed by atoms with Gasteiger partial charge in [0.15, 0.2) is 5.82 Å². The molecule has 0 spiro atoms. The van der Waals surface area contributed by atoms with E-state index < -0.39 is 0 Å². The van der Waals surface area contributed by atoms with Gasteiger partial charge in [0.05, 0.1) is 31.7 Å². The van der Waals surface area contributed by atoms with Crippen molar-refractivity contribution in [1.29, 1.82) is 0 Å². The lowest BCUT2D eigenvalue weighted by Crippen LogP contribution is -2.37. The van der Waals surface area contributed by atoms with Gasteiger partial charge in [0.25, 0.3) is 0 Å². The first-order chi connectivity index (χ1) is 9.83. The Kier molecular flexibility index (Phi) is 6.33. The molecule has 1 aliphatic heterocycles. The van der Waals surface area contributed by atoms with Crippen LogP contribution in [0.2, 0.25) is 0 Å². The highest BCUT2D eigenvalue weighted by atomic mass is 35.5.